The lowest BCUT2D eigenvalue weighted by Gasteiger charge is -2.46. The lowest BCUT2D eigenvalue weighted by atomic mass is 9.81. The van der Waals surface area contributed by atoms with Crippen LogP contribution in [0.25, 0.3) is 0 Å². The Bertz CT molecular complexity index is 371. The monoisotopic (exact) mass is 263 g/mol. The van der Waals surface area contributed by atoms with Gasteiger partial charge >= 0.3 is 0 Å². The molecular formula is C14H25N5. The molecule has 1 aromatic rings. The number of likely N-dealkylation sites (tertiary alicyclic amines) is 1. The van der Waals surface area contributed by atoms with Crippen LogP contribution in [0, 0.1) is 0 Å². The van der Waals surface area contributed by atoms with Gasteiger partial charge in [0, 0.05) is 17.9 Å². The van der Waals surface area contributed by atoms with Gasteiger partial charge in [0.15, 0.2) is 0 Å². The normalized spacial score (nSPS) is 18.7. The number of nitrogens with zero attached hydrogens (tertiary/aromatic N) is 3. The van der Waals surface area contributed by atoms with E-state index in [1.165, 1.54) is 12.8 Å². The highest BCUT2D eigenvalue weighted by molar-refractivity contribution is 5.13. The third-order valence-electron chi connectivity index (χ3n) is 4.54. The molecule has 106 valence electrons. The topological polar surface area (TPSA) is 67.1 Å². The Kier molecular flexibility index (Phi) is 4.85. The summed E-state index contributed by atoms with van der Waals surface area (Å²) in [5.41, 5.74) is 3.95. The Balaban J connectivity index is 2.35. The van der Waals surface area contributed by atoms with Crippen molar-refractivity contribution in [3.8, 4) is 0 Å². The van der Waals surface area contributed by atoms with E-state index in [0.717, 1.165) is 31.6 Å². The van der Waals surface area contributed by atoms with Gasteiger partial charge in [-0.3, -0.25) is 20.7 Å². The van der Waals surface area contributed by atoms with E-state index >= 15 is 0 Å². The highest BCUT2D eigenvalue weighted by atomic mass is 15.3. The number of hydrazine groups is 1. The second kappa shape index (κ2) is 6.41. The maximum atomic E-state index is 5.87. The van der Waals surface area contributed by atoms with Crippen LogP contribution in [0.15, 0.2) is 18.6 Å². The zero-order valence-electron chi connectivity index (χ0n) is 12.0. The number of nitrogens with one attached hydrogen (secondary N) is 1. The number of rotatable bonds is 6. The summed E-state index contributed by atoms with van der Waals surface area (Å²) in [6, 6.07) is 0.0225. The summed E-state index contributed by atoms with van der Waals surface area (Å²) in [7, 11) is 0. The molecule has 0 saturated carbocycles. The van der Waals surface area contributed by atoms with Crippen molar-refractivity contribution >= 4 is 0 Å². The summed E-state index contributed by atoms with van der Waals surface area (Å²) < 4.78 is 0. The lowest BCUT2D eigenvalue weighted by Crippen LogP contribution is -2.56. The van der Waals surface area contributed by atoms with E-state index in [4.69, 9.17) is 5.84 Å². The van der Waals surface area contributed by atoms with Crippen LogP contribution in [-0.4, -0.2) is 33.5 Å². The third-order valence-corrected chi connectivity index (χ3v) is 4.54. The van der Waals surface area contributed by atoms with Gasteiger partial charge in [-0.2, -0.15) is 0 Å². The van der Waals surface area contributed by atoms with Crippen LogP contribution in [0.2, 0.25) is 0 Å². The molecule has 5 heteroatoms. The molecule has 2 heterocycles. The van der Waals surface area contributed by atoms with Crippen molar-refractivity contribution < 1.29 is 0 Å². The van der Waals surface area contributed by atoms with E-state index in [1.54, 1.807) is 12.4 Å². The predicted octanol–water partition coefficient (Wildman–Crippen LogP) is 1.64. The fraction of sp³-hybridized carbons (Fsp3) is 0.714. The van der Waals surface area contributed by atoms with Gasteiger partial charge in [-0.05, 0) is 38.8 Å². The van der Waals surface area contributed by atoms with Crippen molar-refractivity contribution in [1.82, 2.24) is 20.3 Å². The summed E-state index contributed by atoms with van der Waals surface area (Å²) in [5.74, 6) is 5.87. The van der Waals surface area contributed by atoms with Gasteiger partial charge in [-0.15, -0.1) is 0 Å². The van der Waals surface area contributed by atoms with Crippen LogP contribution >= 0.6 is 0 Å². The summed E-state index contributed by atoms with van der Waals surface area (Å²) in [6.45, 7) is 6.78. The maximum absolute atomic E-state index is 5.87. The Labute approximate surface area is 115 Å². The number of aromatic nitrogens is 2. The molecular weight excluding hydrogens is 238 g/mol. The smallest absolute Gasteiger partial charge is 0.0830 e. The van der Waals surface area contributed by atoms with Gasteiger partial charge in [0.05, 0.1) is 17.9 Å². The first-order chi connectivity index (χ1) is 9.28. The molecule has 0 aromatic carbocycles. The quantitative estimate of drug-likeness (QED) is 0.603. The molecule has 0 bridgehead atoms. The van der Waals surface area contributed by atoms with Crippen molar-refractivity contribution in [1.29, 1.82) is 0 Å². The molecule has 1 aliphatic rings. The fourth-order valence-electron chi connectivity index (χ4n) is 3.43. The molecule has 1 atom stereocenters. The Hall–Kier alpha value is -1.04. The van der Waals surface area contributed by atoms with Gasteiger partial charge in [-0.25, -0.2) is 5.43 Å². The van der Waals surface area contributed by atoms with E-state index in [-0.39, 0.29) is 11.6 Å². The van der Waals surface area contributed by atoms with Crippen LogP contribution in [0.5, 0.6) is 0 Å². The summed E-state index contributed by atoms with van der Waals surface area (Å²) in [5, 5.41) is 0. The third kappa shape index (κ3) is 2.63. The molecule has 1 saturated heterocycles. The predicted molar refractivity (Wildman–Crippen MR) is 76.2 cm³/mol. The first-order valence-corrected chi connectivity index (χ1v) is 7.25. The molecule has 3 N–H and O–H groups in total. The molecule has 0 spiro atoms. The van der Waals surface area contributed by atoms with E-state index in [1.807, 2.05) is 6.20 Å². The minimum Gasteiger partial charge on any atom is -0.296 e. The maximum Gasteiger partial charge on any atom is 0.0830 e. The van der Waals surface area contributed by atoms with E-state index < -0.39 is 0 Å². The molecule has 19 heavy (non-hydrogen) atoms. The average Bonchev–Trinajstić information content (AvgIpc) is 3.00. The molecule has 0 amide bonds. The van der Waals surface area contributed by atoms with Crippen molar-refractivity contribution in [2.75, 3.05) is 13.1 Å². The summed E-state index contributed by atoms with van der Waals surface area (Å²) >= 11 is 0. The Morgan fingerprint density at radius 3 is 2.47 bits per heavy atom. The van der Waals surface area contributed by atoms with Gasteiger partial charge in [0.1, 0.15) is 0 Å². The Morgan fingerprint density at radius 1 is 1.32 bits per heavy atom. The average molecular weight is 263 g/mol. The zero-order chi connectivity index (χ0) is 13.7. The van der Waals surface area contributed by atoms with E-state index in [2.05, 4.69) is 34.1 Å². The first-order valence-electron chi connectivity index (χ1n) is 7.25. The molecule has 1 aliphatic heterocycles. The summed E-state index contributed by atoms with van der Waals surface area (Å²) in [4.78, 5) is 11.2. The molecule has 1 unspecified atom stereocenters. The molecule has 0 aliphatic carbocycles. The first kappa shape index (κ1) is 14.4. The highest BCUT2D eigenvalue weighted by Gasteiger charge is 2.43. The second-order valence-electron chi connectivity index (χ2n) is 5.23. The molecule has 1 fully saturated rings. The van der Waals surface area contributed by atoms with Crippen molar-refractivity contribution in [2.24, 2.45) is 5.84 Å². The van der Waals surface area contributed by atoms with Crippen LogP contribution < -0.4 is 11.3 Å². The van der Waals surface area contributed by atoms with Crippen LogP contribution in [0.1, 0.15) is 51.3 Å². The zero-order valence-corrected chi connectivity index (χ0v) is 12.0. The second-order valence-corrected chi connectivity index (χ2v) is 5.23. The lowest BCUT2D eigenvalue weighted by molar-refractivity contribution is 0.0599. The summed E-state index contributed by atoms with van der Waals surface area (Å²) in [6.07, 6.45) is 9.91. The largest absolute Gasteiger partial charge is 0.296 e. The number of hydrogen-bond acceptors (Lipinski definition) is 5. The van der Waals surface area contributed by atoms with Gasteiger partial charge < -0.3 is 0 Å². The van der Waals surface area contributed by atoms with Gasteiger partial charge in [0.25, 0.3) is 0 Å². The van der Waals surface area contributed by atoms with Crippen LogP contribution in [0.3, 0.4) is 0 Å². The molecule has 5 nitrogen and oxygen atoms in total. The van der Waals surface area contributed by atoms with Crippen molar-refractivity contribution in [2.45, 2.75) is 51.1 Å². The highest BCUT2D eigenvalue weighted by Crippen LogP contribution is 2.38. The number of nitrogens with two attached hydrogens (primary N) is 1. The minimum absolute atomic E-state index is 0.0225. The molecule has 2 rings (SSSR count). The van der Waals surface area contributed by atoms with Gasteiger partial charge in [0.2, 0.25) is 0 Å². The number of hydrogen-bond donors (Lipinski definition) is 2. The van der Waals surface area contributed by atoms with Crippen molar-refractivity contribution in [3.63, 3.8) is 0 Å². The van der Waals surface area contributed by atoms with E-state index in [0.29, 0.717) is 0 Å². The molecule has 0 radical (unpaired) electrons. The van der Waals surface area contributed by atoms with Crippen molar-refractivity contribution in [3.05, 3.63) is 24.3 Å². The van der Waals surface area contributed by atoms with Crippen LogP contribution in [-0.2, 0) is 0 Å². The van der Waals surface area contributed by atoms with E-state index in [9.17, 15) is 0 Å². The van der Waals surface area contributed by atoms with Crippen LogP contribution in [0.4, 0.5) is 0 Å². The minimum atomic E-state index is 0.0225. The fourth-order valence-corrected chi connectivity index (χ4v) is 3.43. The Morgan fingerprint density at radius 2 is 2.00 bits per heavy atom. The SMILES string of the molecule is CCC(CC)(C(NN)c1cnccn1)N1CCCC1. The molecule has 1 aromatic heterocycles. The standard InChI is InChI=1S/C14H25N5/c1-3-14(4-2,19-9-5-6-10-19)13(18-15)12-11-16-7-8-17-12/h7-8,11,13,18H,3-6,9-10,15H2,1-2H3. The van der Waals surface area contributed by atoms with Gasteiger partial charge in [-0.1, -0.05) is 13.8 Å².